The molecule has 0 fully saturated rings. The van der Waals surface area contributed by atoms with Crippen LogP contribution in [0.1, 0.15) is 43.7 Å². The number of carboxylic acids is 1. The van der Waals surface area contributed by atoms with E-state index in [1.807, 2.05) is 0 Å². The summed E-state index contributed by atoms with van der Waals surface area (Å²) in [7, 11) is 0. The van der Waals surface area contributed by atoms with E-state index in [1.165, 1.54) is 12.1 Å². The van der Waals surface area contributed by atoms with E-state index in [9.17, 15) is 22.8 Å². The lowest BCUT2D eigenvalue weighted by Gasteiger charge is -2.12. The summed E-state index contributed by atoms with van der Waals surface area (Å²) in [6, 6.07) is 3.89. The van der Waals surface area contributed by atoms with Crippen molar-refractivity contribution in [3.63, 3.8) is 0 Å². The average Bonchev–Trinajstić information content (AvgIpc) is 2.88. The van der Waals surface area contributed by atoms with Crippen LogP contribution in [-0.4, -0.2) is 28.3 Å². The zero-order valence-electron chi connectivity index (χ0n) is 13.0. The highest BCUT2D eigenvalue weighted by Crippen LogP contribution is 2.25. The van der Waals surface area contributed by atoms with Gasteiger partial charge in [-0.25, -0.2) is 9.78 Å². The summed E-state index contributed by atoms with van der Waals surface area (Å²) in [5.41, 5.74) is 0.482. The fraction of sp³-hybridized carbons (Fsp3) is 0.267. The van der Waals surface area contributed by atoms with Crippen molar-refractivity contribution < 1.29 is 32.6 Å². The molecule has 1 heterocycles. The Labute approximate surface area is 144 Å². The number of nitrogens with one attached hydrogen (secondary N) is 1. The number of carboxylic acid groups (broad SMARTS) is 1. The van der Waals surface area contributed by atoms with Gasteiger partial charge < -0.3 is 15.2 Å². The lowest BCUT2D eigenvalue weighted by atomic mass is 10.2. The van der Waals surface area contributed by atoms with Crippen molar-refractivity contribution in [3.8, 4) is 5.75 Å². The molecule has 0 aliphatic rings. The smallest absolute Gasteiger partial charge is 0.477 e. The van der Waals surface area contributed by atoms with E-state index in [0.29, 0.717) is 10.7 Å². The fourth-order valence-corrected chi connectivity index (χ4v) is 2.86. The highest BCUT2D eigenvalue weighted by atomic mass is 32.1. The van der Waals surface area contributed by atoms with Gasteiger partial charge in [-0.05, 0) is 38.1 Å². The second-order valence-electron chi connectivity index (χ2n) is 5.04. The fourth-order valence-electron chi connectivity index (χ4n) is 1.95. The first-order chi connectivity index (χ1) is 11.6. The number of ether oxygens (including phenoxy) is 1. The Morgan fingerprint density at radius 1 is 1.28 bits per heavy atom. The van der Waals surface area contributed by atoms with Gasteiger partial charge in [-0.1, -0.05) is 0 Å². The number of benzene rings is 1. The highest BCUT2D eigenvalue weighted by molar-refractivity contribution is 7.13. The number of carbonyl (C=O) groups is 2. The predicted molar refractivity (Wildman–Crippen MR) is 82.8 cm³/mol. The molecule has 2 rings (SSSR count). The Bertz CT molecular complexity index is 787. The second-order valence-corrected chi connectivity index (χ2v) is 6.07. The van der Waals surface area contributed by atoms with Crippen molar-refractivity contribution in [2.45, 2.75) is 26.3 Å². The Morgan fingerprint density at radius 2 is 1.88 bits per heavy atom. The zero-order valence-corrected chi connectivity index (χ0v) is 13.9. The molecule has 6 nitrogen and oxygen atoms in total. The quantitative estimate of drug-likeness (QED) is 0.836. The minimum atomic E-state index is -4.80. The number of aromatic nitrogens is 1. The van der Waals surface area contributed by atoms with Crippen LogP contribution in [0.2, 0.25) is 0 Å². The summed E-state index contributed by atoms with van der Waals surface area (Å²) >= 11 is 0.951. The summed E-state index contributed by atoms with van der Waals surface area (Å²) in [5.74, 6) is -2.06. The SMILES string of the molecule is Cc1nc(C(C)NC(=O)c2ccc(OC(F)(F)F)cc2)sc1C(=O)O. The number of hydrogen-bond donors (Lipinski definition) is 2. The van der Waals surface area contributed by atoms with Gasteiger partial charge in [0.1, 0.15) is 15.6 Å². The first-order valence-corrected chi connectivity index (χ1v) is 7.76. The molecule has 0 saturated heterocycles. The largest absolute Gasteiger partial charge is 0.573 e. The molecule has 0 radical (unpaired) electrons. The lowest BCUT2D eigenvalue weighted by molar-refractivity contribution is -0.274. The van der Waals surface area contributed by atoms with Crippen LogP contribution in [-0.2, 0) is 0 Å². The third-order valence-corrected chi connectivity index (χ3v) is 4.40. The van der Waals surface area contributed by atoms with Crippen LogP contribution in [0, 0.1) is 6.92 Å². The number of aromatic carboxylic acids is 1. The Morgan fingerprint density at radius 3 is 2.36 bits per heavy atom. The molecule has 0 spiro atoms. The van der Waals surface area contributed by atoms with Gasteiger partial charge in [-0.15, -0.1) is 24.5 Å². The minimum Gasteiger partial charge on any atom is -0.477 e. The molecule has 10 heteroatoms. The molecule has 25 heavy (non-hydrogen) atoms. The Kier molecular flexibility index (Phi) is 5.31. The molecular weight excluding hydrogens is 361 g/mol. The van der Waals surface area contributed by atoms with Crippen LogP contribution in [0.5, 0.6) is 5.75 Å². The van der Waals surface area contributed by atoms with E-state index in [-0.39, 0.29) is 10.4 Å². The van der Waals surface area contributed by atoms with E-state index in [4.69, 9.17) is 5.11 Å². The van der Waals surface area contributed by atoms with E-state index in [1.54, 1.807) is 13.8 Å². The van der Waals surface area contributed by atoms with Gasteiger partial charge in [0, 0.05) is 5.56 Å². The van der Waals surface area contributed by atoms with Gasteiger partial charge in [0.05, 0.1) is 11.7 Å². The molecule has 1 aromatic heterocycles. The summed E-state index contributed by atoms with van der Waals surface area (Å²) in [6.45, 7) is 3.18. The molecule has 0 aliphatic carbocycles. The third-order valence-electron chi connectivity index (χ3n) is 3.08. The summed E-state index contributed by atoms with van der Waals surface area (Å²) in [5, 5.41) is 12.0. The van der Waals surface area contributed by atoms with Crippen LogP contribution in [0.3, 0.4) is 0 Å². The maximum absolute atomic E-state index is 12.1. The van der Waals surface area contributed by atoms with Gasteiger partial charge in [0.25, 0.3) is 5.91 Å². The van der Waals surface area contributed by atoms with Crippen LogP contribution in [0.4, 0.5) is 13.2 Å². The molecule has 0 saturated carbocycles. The van der Waals surface area contributed by atoms with Crippen LogP contribution >= 0.6 is 11.3 Å². The molecule has 0 bridgehead atoms. The van der Waals surface area contributed by atoms with Crippen molar-refractivity contribution in [1.29, 1.82) is 0 Å². The number of hydrogen-bond acceptors (Lipinski definition) is 5. The van der Waals surface area contributed by atoms with Crippen molar-refractivity contribution in [2.75, 3.05) is 0 Å². The second kappa shape index (κ2) is 7.09. The van der Waals surface area contributed by atoms with E-state index >= 15 is 0 Å². The van der Waals surface area contributed by atoms with Gasteiger partial charge in [-0.2, -0.15) is 0 Å². The number of carbonyl (C=O) groups excluding carboxylic acids is 1. The maximum atomic E-state index is 12.1. The van der Waals surface area contributed by atoms with E-state index in [2.05, 4.69) is 15.0 Å². The average molecular weight is 374 g/mol. The summed E-state index contributed by atoms with van der Waals surface area (Å²) < 4.78 is 40.0. The number of alkyl halides is 3. The third kappa shape index (κ3) is 4.92. The molecule has 134 valence electrons. The zero-order chi connectivity index (χ0) is 18.8. The lowest BCUT2D eigenvalue weighted by Crippen LogP contribution is -2.26. The number of rotatable bonds is 5. The molecule has 1 amide bonds. The van der Waals surface area contributed by atoms with Gasteiger partial charge in [0.2, 0.25) is 0 Å². The maximum Gasteiger partial charge on any atom is 0.573 e. The molecule has 1 aromatic carbocycles. The number of halogens is 3. The standard InChI is InChI=1S/C15H13F3N2O4S/c1-7-11(14(22)23)25-13(20-7)8(2)19-12(21)9-3-5-10(6-4-9)24-15(16,17)18/h3-6,8H,1-2H3,(H,19,21)(H,22,23). The van der Waals surface area contributed by atoms with Gasteiger partial charge in [-0.3, -0.25) is 4.79 Å². The van der Waals surface area contributed by atoms with Crippen LogP contribution < -0.4 is 10.1 Å². The molecule has 1 unspecified atom stereocenters. The normalized spacial score (nSPS) is 12.5. The van der Waals surface area contributed by atoms with E-state index < -0.39 is 30.0 Å². The van der Waals surface area contributed by atoms with Crippen molar-refractivity contribution in [3.05, 3.63) is 45.4 Å². The highest BCUT2D eigenvalue weighted by Gasteiger charge is 2.31. The number of thiazole rings is 1. The number of nitrogens with zero attached hydrogens (tertiary/aromatic N) is 1. The van der Waals surface area contributed by atoms with Crippen LogP contribution in [0.15, 0.2) is 24.3 Å². The molecule has 0 aliphatic heterocycles. The van der Waals surface area contributed by atoms with Crippen molar-refractivity contribution >= 4 is 23.2 Å². The topological polar surface area (TPSA) is 88.5 Å². The van der Waals surface area contributed by atoms with Gasteiger partial charge >= 0.3 is 12.3 Å². The molecule has 2 aromatic rings. The number of aryl methyl sites for hydroxylation is 1. The summed E-state index contributed by atoms with van der Waals surface area (Å²) in [6.07, 6.45) is -4.80. The van der Waals surface area contributed by atoms with Crippen molar-refractivity contribution in [1.82, 2.24) is 10.3 Å². The first-order valence-electron chi connectivity index (χ1n) is 6.94. The molecule has 1 atom stereocenters. The molecular formula is C15H13F3N2O4S. The molecule has 2 N–H and O–H groups in total. The van der Waals surface area contributed by atoms with E-state index in [0.717, 1.165) is 23.5 Å². The predicted octanol–water partition coefficient (Wildman–Crippen LogP) is 3.54. The van der Waals surface area contributed by atoms with Gasteiger partial charge in [0.15, 0.2) is 0 Å². The Balaban J connectivity index is 2.06. The first kappa shape index (κ1) is 18.7. The monoisotopic (exact) mass is 374 g/mol. The van der Waals surface area contributed by atoms with Crippen LogP contribution in [0.25, 0.3) is 0 Å². The minimum absolute atomic E-state index is 0.0877. The number of amides is 1. The van der Waals surface area contributed by atoms with Crippen molar-refractivity contribution in [2.24, 2.45) is 0 Å². The Hall–Kier alpha value is -2.62. The summed E-state index contributed by atoms with van der Waals surface area (Å²) in [4.78, 5) is 27.4.